The van der Waals surface area contributed by atoms with Crippen molar-refractivity contribution in [3.05, 3.63) is 54.1 Å². The maximum Gasteiger partial charge on any atom is 0.243 e. The molecule has 1 amide bonds. The molecule has 33 heavy (non-hydrogen) atoms. The van der Waals surface area contributed by atoms with Crippen molar-refractivity contribution in [1.82, 2.24) is 19.1 Å². The summed E-state index contributed by atoms with van der Waals surface area (Å²) in [6.45, 7) is 4.94. The third-order valence-electron chi connectivity index (χ3n) is 5.59. The smallest absolute Gasteiger partial charge is 0.243 e. The van der Waals surface area contributed by atoms with E-state index in [1.54, 1.807) is 19.1 Å². The number of rotatable bonds is 7. The minimum atomic E-state index is -3.47. The van der Waals surface area contributed by atoms with Gasteiger partial charge in [0, 0.05) is 31.4 Å². The van der Waals surface area contributed by atoms with Crippen LogP contribution in [0.1, 0.15) is 25.3 Å². The third-order valence-corrected chi connectivity index (χ3v) is 8.63. The van der Waals surface area contributed by atoms with Crippen LogP contribution in [0.5, 0.6) is 0 Å². The molecule has 1 aromatic heterocycles. The van der Waals surface area contributed by atoms with Gasteiger partial charge in [-0.3, -0.25) is 4.79 Å². The Kier molecular flexibility index (Phi) is 6.87. The Hall–Kier alpha value is -2.69. The number of carbonyl (C=O) groups excluding carboxylic acids is 1. The van der Waals surface area contributed by atoms with Gasteiger partial charge in [0.2, 0.25) is 15.9 Å². The van der Waals surface area contributed by atoms with E-state index >= 15 is 0 Å². The molecule has 0 aliphatic carbocycles. The highest BCUT2D eigenvalue weighted by Gasteiger charge is 2.27. The van der Waals surface area contributed by atoms with Crippen LogP contribution >= 0.6 is 11.8 Å². The van der Waals surface area contributed by atoms with Gasteiger partial charge in [0.25, 0.3) is 0 Å². The molecular formula is C23H27N5O3S2. The molecule has 0 spiro atoms. The number of hydrogen-bond donors (Lipinski definition) is 1. The fourth-order valence-corrected chi connectivity index (χ4v) is 6.03. The van der Waals surface area contributed by atoms with Crippen molar-refractivity contribution >= 4 is 33.4 Å². The molecule has 1 atom stereocenters. The molecule has 0 radical (unpaired) electrons. The van der Waals surface area contributed by atoms with E-state index in [0.717, 1.165) is 29.8 Å². The van der Waals surface area contributed by atoms with Gasteiger partial charge in [-0.15, -0.1) is 10.2 Å². The molecule has 1 fully saturated rings. The second-order valence-electron chi connectivity index (χ2n) is 8.12. The maximum atomic E-state index is 12.7. The standard InChI is InChI=1S/C23H27N5O3S2/c1-16-7-6-8-18(15-16)21-25-26-23(27(21)3)32-17(2)22(29)24-19-9-11-20(12-10-19)33(30,31)28-13-4-5-14-28/h6-12,15,17H,4-5,13-14H2,1-3H3,(H,24,29). The summed E-state index contributed by atoms with van der Waals surface area (Å²) in [5, 5.41) is 11.6. The summed E-state index contributed by atoms with van der Waals surface area (Å²) in [5.74, 6) is 0.541. The zero-order chi connectivity index (χ0) is 23.6. The predicted molar refractivity (Wildman–Crippen MR) is 130 cm³/mol. The van der Waals surface area contributed by atoms with E-state index in [-0.39, 0.29) is 10.8 Å². The number of hydrogen-bond acceptors (Lipinski definition) is 6. The second kappa shape index (κ2) is 9.66. The van der Waals surface area contributed by atoms with E-state index in [4.69, 9.17) is 0 Å². The average molecular weight is 486 g/mol. The highest BCUT2D eigenvalue weighted by atomic mass is 32.2. The Labute approximate surface area is 198 Å². The number of aryl methyl sites for hydroxylation is 1. The fourth-order valence-electron chi connectivity index (χ4n) is 3.70. The van der Waals surface area contributed by atoms with Crippen molar-refractivity contribution in [2.75, 3.05) is 18.4 Å². The van der Waals surface area contributed by atoms with Gasteiger partial charge in [-0.25, -0.2) is 8.42 Å². The zero-order valence-electron chi connectivity index (χ0n) is 18.9. The Morgan fingerprint density at radius 2 is 1.79 bits per heavy atom. The van der Waals surface area contributed by atoms with Crippen molar-refractivity contribution in [2.24, 2.45) is 7.05 Å². The molecule has 1 aliphatic heterocycles. The molecule has 10 heteroatoms. The number of nitrogens with zero attached hydrogens (tertiary/aromatic N) is 4. The number of thioether (sulfide) groups is 1. The number of benzene rings is 2. The third kappa shape index (κ3) is 5.13. The van der Waals surface area contributed by atoms with E-state index in [1.807, 2.05) is 42.8 Å². The van der Waals surface area contributed by atoms with Gasteiger partial charge >= 0.3 is 0 Å². The first-order chi connectivity index (χ1) is 15.8. The molecular weight excluding hydrogens is 458 g/mol. The normalized spacial score (nSPS) is 15.5. The quantitative estimate of drug-likeness (QED) is 0.513. The van der Waals surface area contributed by atoms with Gasteiger partial charge in [0.1, 0.15) is 0 Å². The molecule has 174 valence electrons. The van der Waals surface area contributed by atoms with Crippen LogP contribution in [0.15, 0.2) is 58.6 Å². The van der Waals surface area contributed by atoms with Gasteiger partial charge in [-0.2, -0.15) is 4.31 Å². The van der Waals surface area contributed by atoms with Crippen molar-refractivity contribution < 1.29 is 13.2 Å². The van der Waals surface area contributed by atoms with E-state index < -0.39 is 15.3 Å². The lowest BCUT2D eigenvalue weighted by Gasteiger charge is -2.16. The fraction of sp³-hybridized carbons (Fsp3) is 0.348. The van der Waals surface area contributed by atoms with Gasteiger partial charge < -0.3 is 9.88 Å². The molecule has 0 saturated carbocycles. The molecule has 1 saturated heterocycles. The van der Waals surface area contributed by atoms with Crippen LogP contribution in [-0.4, -0.2) is 51.7 Å². The zero-order valence-corrected chi connectivity index (χ0v) is 20.5. The molecule has 3 aromatic rings. The number of nitrogens with one attached hydrogen (secondary N) is 1. The number of sulfonamides is 1. The van der Waals surface area contributed by atoms with E-state index in [1.165, 1.54) is 28.2 Å². The minimum Gasteiger partial charge on any atom is -0.325 e. The molecule has 2 aromatic carbocycles. The summed E-state index contributed by atoms with van der Waals surface area (Å²) in [4.78, 5) is 13.0. The Morgan fingerprint density at radius 1 is 1.09 bits per heavy atom. The molecule has 1 unspecified atom stereocenters. The first-order valence-electron chi connectivity index (χ1n) is 10.8. The maximum absolute atomic E-state index is 12.7. The van der Waals surface area contributed by atoms with Crippen molar-refractivity contribution in [2.45, 2.75) is 42.0 Å². The summed E-state index contributed by atoms with van der Waals surface area (Å²) in [7, 11) is -1.59. The highest BCUT2D eigenvalue weighted by molar-refractivity contribution is 8.00. The molecule has 8 nitrogen and oxygen atoms in total. The Morgan fingerprint density at radius 3 is 2.45 bits per heavy atom. The lowest BCUT2D eigenvalue weighted by molar-refractivity contribution is -0.115. The molecule has 4 rings (SSSR count). The average Bonchev–Trinajstić information content (AvgIpc) is 3.45. The van der Waals surface area contributed by atoms with Gasteiger partial charge in [0.05, 0.1) is 10.1 Å². The first kappa shape index (κ1) is 23.5. The summed E-state index contributed by atoms with van der Waals surface area (Å²) >= 11 is 1.32. The first-order valence-corrected chi connectivity index (χ1v) is 13.1. The largest absolute Gasteiger partial charge is 0.325 e. The van der Waals surface area contributed by atoms with Crippen LogP contribution in [-0.2, 0) is 21.9 Å². The summed E-state index contributed by atoms with van der Waals surface area (Å²) in [5.41, 5.74) is 2.65. The van der Waals surface area contributed by atoms with E-state index in [2.05, 4.69) is 15.5 Å². The Balaban J connectivity index is 1.40. The Bertz CT molecular complexity index is 1250. The minimum absolute atomic E-state index is 0.199. The van der Waals surface area contributed by atoms with Gasteiger partial charge in [-0.05, 0) is 57.0 Å². The van der Waals surface area contributed by atoms with Crippen molar-refractivity contribution in [3.8, 4) is 11.4 Å². The summed E-state index contributed by atoms with van der Waals surface area (Å²) in [6.07, 6.45) is 1.78. The van der Waals surface area contributed by atoms with Crippen LogP contribution in [0.25, 0.3) is 11.4 Å². The predicted octanol–water partition coefficient (Wildman–Crippen LogP) is 3.69. The van der Waals surface area contributed by atoms with E-state index in [9.17, 15) is 13.2 Å². The van der Waals surface area contributed by atoms with Crippen LogP contribution < -0.4 is 5.32 Å². The van der Waals surface area contributed by atoms with Gasteiger partial charge in [-0.1, -0.05) is 35.5 Å². The summed E-state index contributed by atoms with van der Waals surface area (Å²) in [6, 6.07) is 14.3. The lowest BCUT2D eigenvalue weighted by atomic mass is 10.1. The lowest BCUT2D eigenvalue weighted by Crippen LogP contribution is -2.27. The van der Waals surface area contributed by atoms with Crippen molar-refractivity contribution in [3.63, 3.8) is 0 Å². The van der Waals surface area contributed by atoms with E-state index in [0.29, 0.717) is 23.9 Å². The number of anilines is 1. The SMILES string of the molecule is Cc1cccc(-c2nnc(SC(C)C(=O)Nc3ccc(S(=O)(=O)N4CCCC4)cc3)n2C)c1. The van der Waals surface area contributed by atoms with Crippen LogP contribution in [0.4, 0.5) is 5.69 Å². The van der Waals surface area contributed by atoms with Crippen molar-refractivity contribution in [1.29, 1.82) is 0 Å². The topological polar surface area (TPSA) is 97.2 Å². The highest BCUT2D eigenvalue weighted by Crippen LogP contribution is 2.27. The molecule has 1 N–H and O–H groups in total. The molecule has 2 heterocycles. The number of carbonyl (C=O) groups is 1. The van der Waals surface area contributed by atoms with Crippen LogP contribution in [0.2, 0.25) is 0 Å². The molecule has 0 bridgehead atoms. The molecule has 1 aliphatic rings. The number of aromatic nitrogens is 3. The van der Waals surface area contributed by atoms with Crippen LogP contribution in [0, 0.1) is 6.92 Å². The monoisotopic (exact) mass is 485 g/mol. The second-order valence-corrected chi connectivity index (χ2v) is 11.4. The number of amides is 1. The van der Waals surface area contributed by atoms with Gasteiger partial charge in [0.15, 0.2) is 11.0 Å². The van der Waals surface area contributed by atoms with Crippen LogP contribution in [0.3, 0.4) is 0 Å². The summed E-state index contributed by atoms with van der Waals surface area (Å²) < 4.78 is 28.7.